The van der Waals surface area contributed by atoms with Crippen molar-refractivity contribution in [1.29, 1.82) is 0 Å². The number of amides is 2. The van der Waals surface area contributed by atoms with Crippen LogP contribution in [-0.2, 0) is 0 Å². The van der Waals surface area contributed by atoms with Gasteiger partial charge in [-0.2, -0.15) is 0 Å². The van der Waals surface area contributed by atoms with Crippen LogP contribution in [0.2, 0.25) is 0 Å². The van der Waals surface area contributed by atoms with E-state index >= 15 is 0 Å². The Kier molecular flexibility index (Phi) is 4.61. The number of aromatic amines is 1. The number of hydrogen-bond donors (Lipinski definition) is 3. The molecule has 20 heavy (non-hydrogen) atoms. The molecule has 108 valence electrons. The summed E-state index contributed by atoms with van der Waals surface area (Å²) in [5.41, 5.74) is 1.90. The molecule has 5 heteroatoms. The van der Waals surface area contributed by atoms with Gasteiger partial charge in [0, 0.05) is 6.54 Å². The highest BCUT2D eigenvalue weighted by Crippen LogP contribution is 2.15. The van der Waals surface area contributed by atoms with Crippen LogP contribution in [0.5, 0.6) is 0 Å². The van der Waals surface area contributed by atoms with Gasteiger partial charge >= 0.3 is 6.03 Å². The van der Waals surface area contributed by atoms with Crippen molar-refractivity contribution in [3.05, 3.63) is 30.1 Å². The fourth-order valence-electron chi connectivity index (χ4n) is 1.97. The van der Waals surface area contributed by atoms with Crippen molar-refractivity contribution in [3.63, 3.8) is 0 Å². The summed E-state index contributed by atoms with van der Waals surface area (Å²) in [6, 6.07) is 7.52. The number of nitrogens with zero attached hydrogens (tertiary/aromatic N) is 1. The summed E-state index contributed by atoms with van der Waals surface area (Å²) in [7, 11) is 0. The van der Waals surface area contributed by atoms with Gasteiger partial charge in [0.1, 0.15) is 5.82 Å². The largest absolute Gasteiger partial charge is 0.340 e. The van der Waals surface area contributed by atoms with Gasteiger partial charge in [-0.25, -0.2) is 9.78 Å². The van der Waals surface area contributed by atoms with E-state index in [-0.39, 0.29) is 12.1 Å². The van der Waals surface area contributed by atoms with Crippen molar-refractivity contribution >= 4 is 17.1 Å². The van der Waals surface area contributed by atoms with E-state index in [9.17, 15) is 4.79 Å². The lowest BCUT2D eigenvalue weighted by molar-refractivity contribution is 0.237. The maximum Gasteiger partial charge on any atom is 0.315 e. The zero-order chi connectivity index (χ0) is 14.5. The Hall–Kier alpha value is -2.04. The van der Waals surface area contributed by atoms with Crippen LogP contribution in [-0.4, -0.2) is 22.5 Å². The van der Waals surface area contributed by atoms with E-state index in [2.05, 4.69) is 34.4 Å². The Morgan fingerprint density at radius 1 is 1.30 bits per heavy atom. The van der Waals surface area contributed by atoms with Gasteiger partial charge in [0.2, 0.25) is 0 Å². The molecule has 0 aliphatic heterocycles. The summed E-state index contributed by atoms with van der Waals surface area (Å²) < 4.78 is 0. The molecule has 0 fully saturated rings. The lowest BCUT2D eigenvalue weighted by atomic mass is 10.1. The first kappa shape index (κ1) is 14.4. The van der Waals surface area contributed by atoms with Gasteiger partial charge < -0.3 is 15.6 Å². The Balaban J connectivity index is 1.90. The van der Waals surface area contributed by atoms with Gasteiger partial charge in [0.25, 0.3) is 0 Å². The number of carbonyl (C=O) groups is 1. The molecule has 5 nitrogen and oxygen atoms in total. The van der Waals surface area contributed by atoms with Crippen molar-refractivity contribution in [3.8, 4) is 0 Å². The fourth-order valence-corrected chi connectivity index (χ4v) is 1.97. The predicted molar refractivity (Wildman–Crippen MR) is 80.5 cm³/mol. The predicted octanol–water partition coefficient (Wildman–Crippen LogP) is 2.97. The summed E-state index contributed by atoms with van der Waals surface area (Å²) in [6.07, 6.45) is 0.979. The zero-order valence-corrected chi connectivity index (χ0v) is 12.2. The average molecular weight is 274 g/mol. The molecule has 0 spiro atoms. The highest BCUT2D eigenvalue weighted by molar-refractivity contribution is 5.76. The van der Waals surface area contributed by atoms with E-state index in [1.807, 2.05) is 31.2 Å². The second-order valence-corrected chi connectivity index (χ2v) is 5.44. The molecule has 1 aromatic carbocycles. The molecule has 3 N–H and O–H groups in total. The second kappa shape index (κ2) is 6.41. The number of benzene rings is 1. The minimum absolute atomic E-state index is 0.151. The lowest BCUT2D eigenvalue weighted by Crippen LogP contribution is -2.38. The Morgan fingerprint density at radius 2 is 2.05 bits per heavy atom. The number of carbonyl (C=O) groups excluding carboxylic acids is 1. The topological polar surface area (TPSA) is 69.8 Å². The summed E-state index contributed by atoms with van der Waals surface area (Å²) >= 11 is 0. The first-order valence-electron chi connectivity index (χ1n) is 7.05. The summed E-state index contributed by atoms with van der Waals surface area (Å²) in [5.74, 6) is 1.35. The molecule has 0 aliphatic carbocycles. The molecule has 0 saturated carbocycles. The third-order valence-corrected chi connectivity index (χ3v) is 3.17. The number of para-hydroxylation sites is 2. The molecular weight excluding hydrogens is 252 g/mol. The SMILES string of the molecule is CC(C)CCNC(=O)NC(C)c1nc2ccccc2[nH]1. The molecule has 0 radical (unpaired) electrons. The van der Waals surface area contributed by atoms with E-state index in [1.165, 1.54) is 0 Å². The number of urea groups is 1. The molecule has 2 rings (SSSR count). The van der Waals surface area contributed by atoms with E-state index in [0.29, 0.717) is 12.5 Å². The van der Waals surface area contributed by atoms with Crippen LogP contribution in [0.4, 0.5) is 4.79 Å². The van der Waals surface area contributed by atoms with Crippen molar-refractivity contribution in [2.45, 2.75) is 33.2 Å². The van der Waals surface area contributed by atoms with Crippen LogP contribution in [0.15, 0.2) is 24.3 Å². The van der Waals surface area contributed by atoms with Crippen LogP contribution in [0.1, 0.15) is 39.1 Å². The fraction of sp³-hybridized carbons (Fsp3) is 0.467. The molecule has 1 aromatic heterocycles. The molecule has 1 unspecified atom stereocenters. The molecule has 1 atom stereocenters. The third kappa shape index (κ3) is 3.73. The number of imidazole rings is 1. The number of hydrogen-bond acceptors (Lipinski definition) is 2. The Labute approximate surface area is 119 Å². The Morgan fingerprint density at radius 3 is 2.75 bits per heavy atom. The minimum Gasteiger partial charge on any atom is -0.340 e. The van der Waals surface area contributed by atoms with Gasteiger partial charge in [0.05, 0.1) is 17.1 Å². The van der Waals surface area contributed by atoms with Gasteiger partial charge in [-0.1, -0.05) is 26.0 Å². The van der Waals surface area contributed by atoms with Crippen LogP contribution in [0.25, 0.3) is 11.0 Å². The molecule has 0 bridgehead atoms. The molecule has 0 aliphatic rings. The van der Waals surface area contributed by atoms with E-state index in [0.717, 1.165) is 23.3 Å². The zero-order valence-electron chi connectivity index (χ0n) is 12.2. The minimum atomic E-state index is -0.154. The van der Waals surface area contributed by atoms with Gasteiger partial charge in [-0.05, 0) is 31.4 Å². The normalized spacial score (nSPS) is 12.6. The quantitative estimate of drug-likeness (QED) is 0.784. The van der Waals surface area contributed by atoms with Gasteiger partial charge in [-0.15, -0.1) is 0 Å². The molecule has 2 amide bonds. The van der Waals surface area contributed by atoms with E-state index in [4.69, 9.17) is 0 Å². The molecule has 2 aromatic rings. The van der Waals surface area contributed by atoms with Crippen molar-refractivity contribution in [2.24, 2.45) is 5.92 Å². The first-order chi connectivity index (χ1) is 9.56. The Bertz CT molecular complexity index is 543. The monoisotopic (exact) mass is 274 g/mol. The average Bonchev–Trinajstić information content (AvgIpc) is 2.82. The van der Waals surface area contributed by atoms with Crippen molar-refractivity contribution < 1.29 is 4.79 Å². The van der Waals surface area contributed by atoms with Crippen LogP contribution in [0, 0.1) is 5.92 Å². The molecular formula is C15H22N4O. The van der Waals surface area contributed by atoms with Gasteiger partial charge in [-0.3, -0.25) is 0 Å². The smallest absolute Gasteiger partial charge is 0.315 e. The number of H-pyrrole nitrogens is 1. The van der Waals surface area contributed by atoms with Gasteiger partial charge in [0.15, 0.2) is 0 Å². The van der Waals surface area contributed by atoms with Crippen LogP contribution in [0.3, 0.4) is 0 Å². The maximum absolute atomic E-state index is 11.8. The van der Waals surface area contributed by atoms with Crippen LogP contribution >= 0.6 is 0 Å². The van der Waals surface area contributed by atoms with Crippen LogP contribution < -0.4 is 10.6 Å². The maximum atomic E-state index is 11.8. The summed E-state index contributed by atoms with van der Waals surface area (Å²) in [5, 5.41) is 5.74. The standard InChI is InChI=1S/C15H22N4O/c1-10(2)8-9-16-15(20)17-11(3)14-18-12-6-4-5-7-13(12)19-14/h4-7,10-11H,8-9H2,1-3H3,(H,18,19)(H2,16,17,20). The number of nitrogens with one attached hydrogen (secondary N) is 3. The molecule has 1 heterocycles. The highest BCUT2D eigenvalue weighted by atomic mass is 16.2. The van der Waals surface area contributed by atoms with Crippen molar-refractivity contribution in [2.75, 3.05) is 6.54 Å². The molecule has 0 saturated heterocycles. The lowest BCUT2D eigenvalue weighted by Gasteiger charge is -2.13. The van der Waals surface area contributed by atoms with E-state index < -0.39 is 0 Å². The van der Waals surface area contributed by atoms with Crippen molar-refractivity contribution in [1.82, 2.24) is 20.6 Å². The van der Waals surface area contributed by atoms with E-state index in [1.54, 1.807) is 0 Å². The summed E-state index contributed by atoms with van der Waals surface area (Å²) in [6.45, 7) is 6.88. The first-order valence-corrected chi connectivity index (χ1v) is 7.05. The number of fused-ring (bicyclic) bond motifs is 1. The third-order valence-electron chi connectivity index (χ3n) is 3.17. The second-order valence-electron chi connectivity index (χ2n) is 5.44. The number of rotatable bonds is 5. The summed E-state index contributed by atoms with van der Waals surface area (Å²) in [4.78, 5) is 19.5. The highest BCUT2D eigenvalue weighted by Gasteiger charge is 2.13. The number of aromatic nitrogens is 2.